The Hall–Kier alpha value is -1.25. The maximum atomic E-state index is 12.3. The van der Waals surface area contributed by atoms with E-state index >= 15 is 0 Å². The van der Waals surface area contributed by atoms with Crippen molar-refractivity contribution >= 4 is 35.7 Å². The van der Waals surface area contributed by atoms with Crippen molar-refractivity contribution in [1.82, 2.24) is 19.9 Å². The monoisotopic (exact) mass is 376 g/mol. The fourth-order valence-corrected chi connectivity index (χ4v) is 2.90. The largest absolute Gasteiger partial charge is 0.392 e. The van der Waals surface area contributed by atoms with E-state index in [1.165, 1.54) is 17.1 Å². The SMILES string of the molecule is Cl.Cl.O=c1c2cnccc2ncn1CC(O)C[C@H]1NCCC[C@@H]1O. The molecule has 0 amide bonds. The Morgan fingerprint density at radius 1 is 1.42 bits per heavy atom. The molecule has 0 spiro atoms. The van der Waals surface area contributed by atoms with Gasteiger partial charge in [-0.3, -0.25) is 14.3 Å². The second-order valence-corrected chi connectivity index (χ2v) is 5.75. The van der Waals surface area contributed by atoms with Gasteiger partial charge >= 0.3 is 0 Å². The lowest BCUT2D eigenvalue weighted by Crippen LogP contribution is -2.47. The summed E-state index contributed by atoms with van der Waals surface area (Å²) in [5.74, 6) is 0. The molecule has 2 aromatic heterocycles. The van der Waals surface area contributed by atoms with Crippen molar-refractivity contribution in [2.24, 2.45) is 0 Å². The van der Waals surface area contributed by atoms with Gasteiger partial charge in [-0.05, 0) is 31.9 Å². The third kappa shape index (κ3) is 4.64. The number of aromatic nitrogens is 3. The summed E-state index contributed by atoms with van der Waals surface area (Å²) in [5.41, 5.74) is 0.379. The van der Waals surface area contributed by atoms with E-state index in [9.17, 15) is 15.0 Å². The van der Waals surface area contributed by atoms with E-state index in [4.69, 9.17) is 0 Å². The molecule has 1 fully saturated rings. The Morgan fingerprint density at radius 3 is 2.96 bits per heavy atom. The molecule has 0 saturated carbocycles. The topological polar surface area (TPSA) is 100 Å². The number of halogens is 2. The fraction of sp³-hybridized carbons (Fsp3) is 0.533. The van der Waals surface area contributed by atoms with Gasteiger partial charge in [0, 0.05) is 18.4 Å². The lowest BCUT2D eigenvalue weighted by molar-refractivity contribution is 0.0539. The molecule has 3 atom stereocenters. The molecule has 1 aliphatic heterocycles. The fourth-order valence-electron chi connectivity index (χ4n) is 2.90. The molecule has 3 heterocycles. The van der Waals surface area contributed by atoms with Crippen LogP contribution in [0.15, 0.2) is 29.6 Å². The van der Waals surface area contributed by atoms with Gasteiger partial charge in [0.1, 0.15) is 0 Å². The average Bonchev–Trinajstić information content (AvgIpc) is 2.53. The second-order valence-electron chi connectivity index (χ2n) is 5.75. The van der Waals surface area contributed by atoms with E-state index in [-0.39, 0.29) is 43.0 Å². The third-order valence-corrected chi connectivity index (χ3v) is 4.11. The average molecular weight is 377 g/mol. The number of nitrogens with zero attached hydrogens (tertiary/aromatic N) is 3. The zero-order valence-corrected chi connectivity index (χ0v) is 14.7. The molecule has 3 N–H and O–H groups in total. The normalized spacial score (nSPS) is 21.6. The number of piperidine rings is 1. The summed E-state index contributed by atoms with van der Waals surface area (Å²) in [5, 5.41) is 23.8. The number of pyridine rings is 1. The molecule has 7 nitrogen and oxygen atoms in total. The molecule has 1 aliphatic rings. The minimum absolute atomic E-state index is 0. The van der Waals surface area contributed by atoms with Gasteiger partial charge < -0.3 is 15.5 Å². The van der Waals surface area contributed by atoms with Crippen molar-refractivity contribution < 1.29 is 10.2 Å². The highest BCUT2D eigenvalue weighted by Gasteiger charge is 2.25. The van der Waals surface area contributed by atoms with E-state index in [0.717, 1.165) is 19.4 Å². The summed E-state index contributed by atoms with van der Waals surface area (Å²) in [6.45, 7) is 0.999. The van der Waals surface area contributed by atoms with Crippen molar-refractivity contribution in [1.29, 1.82) is 0 Å². The number of rotatable bonds is 4. The van der Waals surface area contributed by atoms with Crippen LogP contribution in [0.25, 0.3) is 10.9 Å². The number of aliphatic hydroxyl groups excluding tert-OH is 2. The van der Waals surface area contributed by atoms with Crippen molar-refractivity contribution in [2.45, 2.75) is 44.1 Å². The van der Waals surface area contributed by atoms with Crippen LogP contribution in [0.4, 0.5) is 0 Å². The minimum Gasteiger partial charge on any atom is -0.392 e. The van der Waals surface area contributed by atoms with Crippen molar-refractivity contribution in [3.05, 3.63) is 35.1 Å². The predicted molar refractivity (Wildman–Crippen MR) is 95.9 cm³/mol. The molecule has 1 unspecified atom stereocenters. The van der Waals surface area contributed by atoms with Gasteiger partial charge in [0.25, 0.3) is 5.56 Å². The Labute approximate surface area is 152 Å². The summed E-state index contributed by atoms with van der Waals surface area (Å²) in [7, 11) is 0. The zero-order valence-electron chi connectivity index (χ0n) is 13.0. The van der Waals surface area contributed by atoms with E-state index in [1.54, 1.807) is 12.3 Å². The Kier molecular flexibility index (Phi) is 8.05. The van der Waals surface area contributed by atoms with Crippen LogP contribution >= 0.6 is 24.8 Å². The predicted octanol–water partition coefficient (Wildman–Crippen LogP) is 0.499. The summed E-state index contributed by atoms with van der Waals surface area (Å²) >= 11 is 0. The lowest BCUT2D eigenvalue weighted by Gasteiger charge is -2.30. The molecule has 0 aromatic carbocycles. The maximum Gasteiger partial charge on any atom is 0.262 e. The van der Waals surface area contributed by atoms with E-state index < -0.39 is 12.2 Å². The van der Waals surface area contributed by atoms with Gasteiger partial charge in [-0.15, -0.1) is 24.8 Å². The molecule has 0 bridgehead atoms. The van der Waals surface area contributed by atoms with Crippen LogP contribution in [0, 0.1) is 0 Å². The Balaban J connectivity index is 0.00000144. The van der Waals surface area contributed by atoms with Gasteiger partial charge in [0.15, 0.2) is 0 Å². The minimum atomic E-state index is -0.723. The van der Waals surface area contributed by atoms with Gasteiger partial charge in [-0.25, -0.2) is 4.98 Å². The van der Waals surface area contributed by atoms with Crippen molar-refractivity contribution in [3.8, 4) is 0 Å². The quantitative estimate of drug-likeness (QED) is 0.718. The molecule has 3 rings (SSSR count). The van der Waals surface area contributed by atoms with Crippen LogP contribution in [0.1, 0.15) is 19.3 Å². The first kappa shape index (κ1) is 20.8. The summed E-state index contributed by atoms with van der Waals surface area (Å²) in [6.07, 6.45) is 5.43. The van der Waals surface area contributed by atoms with Gasteiger partial charge in [0.05, 0.1) is 36.0 Å². The van der Waals surface area contributed by atoms with Crippen LogP contribution < -0.4 is 10.9 Å². The third-order valence-electron chi connectivity index (χ3n) is 4.11. The first-order chi connectivity index (χ1) is 10.6. The summed E-state index contributed by atoms with van der Waals surface area (Å²) < 4.78 is 1.39. The molecule has 1 saturated heterocycles. The zero-order chi connectivity index (χ0) is 15.5. The standard InChI is InChI=1S/C15H20N4O3.2ClH/c20-10(6-13-14(21)2-1-4-17-13)8-19-9-18-12-3-5-16-7-11(12)15(19)22;;/h3,5,7,9-10,13-14,17,20-21H,1-2,4,6,8H2;2*1H/t10?,13-,14+;;/m1../s1. The molecule has 2 aromatic rings. The molecule has 24 heavy (non-hydrogen) atoms. The van der Waals surface area contributed by atoms with Crippen molar-refractivity contribution in [3.63, 3.8) is 0 Å². The van der Waals surface area contributed by atoms with Crippen LogP contribution in [0.5, 0.6) is 0 Å². The van der Waals surface area contributed by atoms with E-state index in [0.29, 0.717) is 17.3 Å². The molecule has 134 valence electrons. The maximum absolute atomic E-state index is 12.3. The summed E-state index contributed by atoms with van der Waals surface area (Å²) in [6, 6.07) is 1.55. The van der Waals surface area contributed by atoms with E-state index in [1.807, 2.05) is 0 Å². The molecule has 0 radical (unpaired) electrons. The highest BCUT2D eigenvalue weighted by Crippen LogP contribution is 2.14. The smallest absolute Gasteiger partial charge is 0.262 e. The number of hydrogen-bond acceptors (Lipinski definition) is 6. The number of nitrogens with one attached hydrogen (secondary N) is 1. The second kappa shape index (κ2) is 9.29. The van der Waals surface area contributed by atoms with E-state index in [2.05, 4.69) is 15.3 Å². The van der Waals surface area contributed by atoms with Crippen LogP contribution in [0.3, 0.4) is 0 Å². The highest BCUT2D eigenvalue weighted by atomic mass is 35.5. The molecular weight excluding hydrogens is 355 g/mol. The molecular formula is C15H22Cl2N4O3. The lowest BCUT2D eigenvalue weighted by atomic mass is 9.96. The van der Waals surface area contributed by atoms with Gasteiger partial charge in [0.2, 0.25) is 0 Å². The number of aliphatic hydroxyl groups is 2. The number of hydrogen-bond donors (Lipinski definition) is 3. The van der Waals surface area contributed by atoms with Crippen LogP contribution in [-0.2, 0) is 6.54 Å². The van der Waals surface area contributed by atoms with Gasteiger partial charge in [-0.2, -0.15) is 0 Å². The van der Waals surface area contributed by atoms with Crippen molar-refractivity contribution in [2.75, 3.05) is 6.54 Å². The first-order valence-electron chi connectivity index (χ1n) is 7.54. The van der Waals surface area contributed by atoms with Crippen LogP contribution in [0.2, 0.25) is 0 Å². The highest BCUT2D eigenvalue weighted by molar-refractivity contribution is 5.85. The Bertz CT molecular complexity index is 712. The summed E-state index contributed by atoms with van der Waals surface area (Å²) in [4.78, 5) is 20.5. The van der Waals surface area contributed by atoms with Crippen LogP contribution in [-0.4, -0.2) is 49.5 Å². The molecule has 0 aliphatic carbocycles. The van der Waals surface area contributed by atoms with Gasteiger partial charge in [-0.1, -0.05) is 0 Å². The molecule has 9 heteroatoms. The number of fused-ring (bicyclic) bond motifs is 1. The Morgan fingerprint density at radius 2 is 2.21 bits per heavy atom. The first-order valence-corrected chi connectivity index (χ1v) is 7.54.